The Hall–Kier alpha value is -0.870. The fourth-order valence-corrected chi connectivity index (χ4v) is 2.75. The van der Waals surface area contributed by atoms with Gasteiger partial charge in [0.25, 0.3) is 5.91 Å². The van der Waals surface area contributed by atoms with E-state index >= 15 is 0 Å². The monoisotopic (exact) mass is 311 g/mol. The van der Waals surface area contributed by atoms with Crippen molar-refractivity contribution in [2.75, 3.05) is 13.2 Å². The summed E-state index contributed by atoms with van der Waals surface area (Å²) >= 11 is 3.37. The summed E-state index contributed by atoms with van der Waals surface area (Å²) in [5.74, 6) is 0.114. The Kier molecular flexibility index (Phi) is 4.78. The number of carbonyl (C=O) groups is 1. The predicted molar refractivity (Wildman–Crippen MR) is 74.5 cm³/mol. The van der Waals surface area contributed by atoms with Crippen LogP contribution in [0.1, 0.15) is 36.0 Å². The van der Waals surface area contributed by atoms with Crippen LogP contribution < -0.4 is 0 Å². The molecule has 98 valence electrons. The first-order chi connectivity index (χ1) is 8.72. The zero-order valence-corrected chi connectivity index (χ0v) is 11.9. The SMILES string of the molecule is O=C(c1ccc(Br)cc1)N1CCCC1CCCO. The molecule has 1 aromatic carbocycles. The maximum atomic E-state index is 12.4. The number of aliphatic hydroxyl groups is 1. The van der Waals surface area contributed by atoms with Gasteiger partial charge in [-0.05, 0) is 49.9 Å². The Morgan fingerprint density at radius 3 is 2.78 bits per heavy atom. The van der Waals surface area contributed by atoms with Gasteiger partial charge >= 0.3 is 0 Å². The largest absolute Gasteiger partial charge is 0.396 e. The Morgan fingerprint density at radius 1 is 1.39 bits per heavy atom. The summed E-state index contributed by atoms with van der Waals surface area (Å²) in [7, 11) is 0. The van der Waals surface area contributed by atoms with Gasteiger partial charge in [0.15, 0.2) is 0 Å². The molecule has 0 bridgehead atoms. The molecule has 18 heavy (non-hydrogen) atoms. The second kappa shape index (κ2) is 6.34. The van der Waals surface area contributed by atoms with Crippen molar-refractivity contribution in [3.63, 3.8) is 0 Å². The number of hydrogen-bond acceptors (Lipinski definition) is 2. The molecular formula is C14H18BrNO2. The molecule has 1 fully saturated rings. The minimum absolute atomic E-state index is 0.114. The zero-order valence-electron chi connectivity index (χ0n) is 10.3. The van der Waals surface area contributed by atoms with Gasteiger partial charge in [-0.3, -0.25) is 4.79 Å². The second-order valence-corrected chi connectivity index (χ2v) is 5.58. The molecule has 1 aliphatic heterocycles. The predicted octanol–water partition coefficient (Wildman–Crippen LogP) is 2.83. The first-order valence-electron chi connectivity index (χ1n) is 6.40. The number of nitrogens with zero attached hydrogens (tertiary/aromatic N) is 1. The van der Waals surface area contributed by atoms with Crippen molar-refractivity contribution in [2.24, 2.45) is 0 Å². The molecule has 1 atom stereocenters. The van der Waals surface area contributed by atoms with Crippen molar-refractivity contribution in [3.05, 3.63) is 34.3 Å². The van der Waals surface area contributed by atoms with Gasteiger partial charge in [0.1, 0.15) is 0 Å². The van der Waals surface area contributed by atoms with Crippen molar-refractivity contribution in [1.29, 1.82) is 0 Å². The van der Waals surface area contributed by atoms with Crippen molar-refractivity contribution >= 4 is 21.8 Å². The number of amides is 1. The summed E-state index contributed by atoms with van der Waals surface area (Å²) in [6.07, 6.45) is 3.80. The molecule has 1 N–H and O–H groups in total. The third-order valence-corrected chi connectivity index (χ3v) is 3.95. The van der Waals surface area contributed by atoms with Crippen LogP contribution in [0.2, 0.25) is 0 Å². The average molecular weight is 312 g/mol. The lowest BCUT2D eigenvalue weighted by molar-refractivity contribution is 0.0724. The lowest BCUT2D eigenvalue weighted by atomic mass is 10.1. The first kappa shape index (κ1) is 13.6. The number of benzene rings is 1. The van der Waals surface area contributed by atoms with E-state index in [2.05, 4.69) is 15.9 Å². The maximum Gasteiger partial charge on any atom is 0.254 e. The fraction of sp³-hybridized carbons (Fsp3) is 0.500. The van der Waals surface area contributed by atoms with Gasteiger partial charge in [-0.25, -0.2) is 0 Å². The highest BCUT2D eigenvalue weighted by atomic mass is 79.9. The lowest BCUT2D eigenvalue weighted by Crippen LogP contribution is -2.35. The molecule has 0 aliphatic carbocycles. The molecule has 1 aliphatic rings. The molecule has 0 saturated carbocycles. The van der Waals surface area contributed by atoms with Crippen LogP contribution in [0.25, 0.3) is 0 Å². The normalized spacial score (nSPS) is 19.2. The standard InChI is InChI=1S/C14H18BrNO2/c15-12-7-5-11(6-8-12)14(18)16-9-1-3-13(16)4-2-10-17/h5-8,13,17H,1-4,9-10H2. The molecular weight excluding hydrogens is 294 g/mol. The number of carbonyl (C=O) groups excluding carboxylic acids is 1. The van der Waals surface area contributed by atoms with Crippen molar-refractivity contribution < 1.29 is 9.90 Å². The molecule has 1 aromatic rings. The molecule has 0 spiro atoms. The molecule has 2 rings (SSSR count). The van der Waals surface area contributed by atoms with E-state index in [0.717, 1.165) is 42.3 Å². The lowest BCUT2D eigenvalue weighted by Gasteiger charge is -2.24. The topological polar surface area (TPSA) is 40.5 Å². The van der Waals surface area contributed by atoms with Gasteiger partial charge < -0.3 is 10.0 Å². The Labute approximate surface area is 116 Å². The third-order valence-electron chi connectivity index (χ3n) is 3.42. The van der Waals surface area contributed by atoms with Crippen LogP contribution in [0.3, 0.4) is 0 Å². The molecule has 1 saturated heterocycles. The molecule has 1 amide bonds. The smallest absolute Gasteiger partial charge is 0.254 e. The quantitative estimate of drug-likeness (QED) is 0.929. The summed E-state index contributed by atoms with van der Waals surface area (Å²) < 4.78 is 0.984. The van der Waals surface area contributed by atoms with E-state index in [1.807, 2.05) is 29.2 Å². The van der Waals surface area contributed by atoms with Gasteiger partial charge in [-0.1, -0.05) is 15.9 Å². The van der Waals surface area contributed by atoms with E-state index in [9.17, 15) is 4.79 Å². The first-order valence-corrected chi connectivity index (χ1v) is 7.19. The van der Waals surface area contributed by atoms with E-state index in [0.29, 0.717) is 6.04 Å². The van der Waals surface area contributed by atoms with Crippen LogP contribution in [0, 0.1) is 0 Å². The van der Waals surface area contributed by atoms with Gasteiger partial charge in [-0.2, -0.15) is 0 Å². The molecule has 0 radical (unpaired) electrons. The number of rotatable bonds is 4. The molecule has 3 nitrogen and oxygen atoms in total. The average Bonchev–Trinajstić information content (AvgIpc) is 2.84. The minimum Gasteiger partial charge on any atom is -0.396 e. The highest BCUT2D eigenvalue weighted by Crippen LogP contribution is 2.24. The highest BCUT2D eigenvalue weighted by molar-refractivity contribution is 9.10. The van der Waals surface area contributed by atoms with Crippen LogP contribution in [0.5, 0.6) is 0 Å². The summed E-state index contributed by atoms with van der Waals surface area (Å²) in [5.41, 5.74) is 0.745. The summed E-state index contributed by atoms with van der Waals surface area (Å²) in [5, 5.41) is 8.89. The summed E-state index contributed by atoms with van der Waals surface area (Å²) in [6, 6.07) is 7.80. The minimum atomic E-state index is 0.114. The molecule has 0 aromatic heterocycles. The van der Waals surface area contributed by atoms with E-state index in [1.165, 1.54) is 0 Å². The Balaban J connectivity index is 2.05. The van der Waals surface area contributed by atoms with Crippen molar-refractivity contribution in [2.45, 2.75) is 31.7 Å². The van der Waals surface area contributed by atoms with Crippen molar-refractivity contribution in [3.8, 4) is 0 Å². The number of hydrogen-bond donors (Lipinski definition) is 1. The van der Waals surface area contributed by atoms with Gasteiger partial charge in [0.2, 0.25) is 0 Å². The van der Waals surface area contributed by atoms with E-state index < -0.39 is 0 Å². The number of halogens is 1. The van der Waals surface area contributed by atoms with Crippen LogP contribution in [-0.4, -0.2) is 35.1 Å². The molecule has 1 unspecified atom stereocenters. The van der Waals surface area contributed by atoms with Crippen LogP contribution in [0.4, 0.5) is 0 Å². The Morgan fingerprint density at radius 2 is 2.11 bits per heavy atom. The van der Waals surface area contributed by atoms with Gasteiger partial charge in [0.05, 0.1) is 0 Å². The highest BCUT2D eigenvalue weighted by Gasteiger charge is 2.28. The van der Waals surface area contributed by atoms with Gasteiger partial charge in [-0.15, -0.1) is 0 Å². The van der Waals surface area contributed by atoms with Gasteiger partial charge in [0, 0.05) is 29.2 Å². The number of aliphatic hydroxyl groups excluding tert-OH is 1. The molecule has 1 heterocycles. The zero-order chi connectivity index (χ0) is 13.0. The summed E-state index contributed by atoms with van der Waals surface area (Å²) in [4.78, 5) is 14.3. The molecule has 4 heteroatoms. The Bertz CT molecular complexity index is 405. The van der Waals surface area contributed by atoms with Crippen LogP contribution >= 0.6 is 15.9 Å². The summed E-state index contributed by atoms with van der Waals surface area (Å²) in [6.45, 7) is 1.04. The maximum absolute atomic E-state index is 12.4. The number of likely N-dealkylation sites (tertiary alicyclic amines) is 1. The fourth-order valence-electron chi connectivity index (χ4n) is 2.49. The third kappa shape index (κ3) is 3.12. The van der Waals surface area contributed by atoms with E-state index in [4.69, 9.17) is 5.11 Å². The second-order valence-electron chi connectivity index (χ2n) is 4.67. The van der Waals surface area contributed by atoms with E-state index in [1.54, 1.807) is 0 Å². The van der Waals surface area contributed by atoms with Crippen LogP contribution in [-0.2, 0) is 0 Å². The van der Waals surface area contributed by atoms with Crippen molar-refractivity contribution in [1.82, 2.24) is 4.90 Å². The van der Waals surface area contributed by atoms with Crippen LogP contribution in [0.15, 0.2) is 28.7 Å². The van der Waals surface area contributed by atoms with E-state index in [-0.39, 0.29) is 12.5 Å².